The molecule has 0 saturated heterocycles. The summed E-state index contributed by atoms with van der Waals surface area (Å²) in [5.74, 6) is 2.94. The highest BCUT2D eigenvalue weighted by atomic mass is 32.2. The fourth-order valence-corrected chi connectivity index (χ4v) is 2.10. The van der Waals surface area contributed by atoms with E-state index in [0.717, 1.165) is 23.5 Å². The van der Waals surface area contributed by atoms with Crippen molar-refractivity contribution in [3.05, 3.63) is 29.8 Å². The lowest BCUT2D eigenvalue weighted by Gasteiger charge is -1.93. The Kier molecular flexibility index (Phi) is 4.31. The number of nitriles is 1. The third-order valence-electron chi connectivity index (χ3n) is 2.17. The summed E-state index contributed by atoms with van der Waals surface area (Å²) >= 11 is 1.77. The van der Waals surface area contributed by atoms with E-state index < -0.39 is 0 Å². The topological polar surface area (TPSA) is 75.6 Å². The van der Waals surface area contributed by atoms with Crippen molar-refractivity contribution in [3.63, 3.8) is 0 Å². The van der Waals surface area contributed by atoms with Gasteiger partial charge in [0.15, 0.2) is 5.82 Å². The Morgan fingerprint density at radius 3 is 3.17 bits per heavy atom. The number of hydrogen-bond acceptors (Lipinski definition) is 6. The molecule has 0 amide bonds. The lowest BCUT2D eigenvalue weighted by atomic mass is 10.2. The van der Waals surface area contributed by atoms with Crippen LogP contribution in [0.25, 0.3) is 11.5 Å². The zero-order valence-corrected chi connectivity index (χ0v) is 10.8. The van der Waals surface area contributed by atoms with Crippen LogP contribution < -0.4 is 0 Å². The summed E-state index contributed by atoms with van der Waals surface area (Å²) in [4.78, 5) is 8.19. The van der Waals surface area contributed by atoms with E-state index in [1.165, 1.54) is 0 Å². The third-order valence-corrected chi connectivity index (χ3v) is 3.33. The minimum absolute atomic E-state index is 0.340. The van der Waals surface area contributed by atoms with Gasteiger partial charge in [0.05, 0.1) is 5.75 Å². The van der Waals surface area contributed by atoms with Gasteiger partial charge in [0, 0.05) is 11.8 Å². The maximum absolute atomic E-state index is 8.77. The monoisotopic (exact) mass is 260 g/mol. The second-order valence-electron chi connectivity index (χ2n) is 3.61. The highest BCUT2D eigenvalue weighted by Crippen LogP contribution is 2.19. The highest BCUT2D eigenvalue weighted by molar-refractivity contribution is 7.98. The molecule has 0 aliphatic rings. The van der Waals surface area contributed by atoms with E-state index in [-0.39, 0.29) is 0 Å². The van der Waals surface area contributed by atoms with E-state index in [4.69, 9.17) is 9.78 Å². The van der Waals surface area contributed by atoms with Gasteiger partial charge in [-0.05, 0) is 24.3 Å². The van der Waals surface area contributed by atoms with Gasteiger partial charge < -0.3 is 4.52 Å². The smallest absolute Gasteiger partial charge is 0.258 e. The number of hydrogen-bond donors (Lipinski definition) is 0. The van der Waals surface area contributed by atoms with Gasteiger partial charge in [-0.1, -0.05) is 12.1 Å². The van der Waals surface area contributed by atoms with Gasteiger partial charge in [-0.25, -0.2) is 4.98 Å². The second kappa shape index (κ2) is 6.17. The van der Waals surface area contributed by atoms with Crippen LogP contribution in [0.15, 0.2) is 22.9 Å². The molecule has 0 aliphatic carbocycles. The standard InChI is InChI=1S/C12H12N4OS/c1-2-5-18-8-11-15-12(17-16-11)9-3-4-14-10(6-9)7-13/h3-4,6H,2,5,8H2,1H3. The molecule has 0 radical (unpaired) electrons. The van der Waals surface area contributed by atoms with E-state index in [9.17, 15) is 0 Å². The van der Waals surface area contributed by atoms with Gasteiger partial charge in [-0.3, -0.25) is 0 Å². The van der Waals surface area contributed by atoms with Crippen LogP contribution in [0.3, 0.4) is 0 Å². The van der Waals surface area contributed by atoms with Crippen molar-refractivity contribution in [2.75, 3.05) is 5.75 Å². The van der Waals surface area contributed by atoms with Crippen LogP contribution in [0.4, 0.5) is 0 Å². The Labute approximate surface area is 109 Å². The molecule has 0 unspecified atom stereocenters. The predicted molar refractivity (Wildman–Crippen MR) is 68.7 cm³/mol. The maximum Gasteiger partial charge on any atom is 0.258 e. The van der Waals surface area contributed by atoms with Crippen LogP contribution in [0.2, 0.25) is 0 Å². The fourth-order valence-electron chi connectivity index (χ4n) is 1.36. The summed E-state index contributed by atoms with van der Waals surface area (Å²) in [5, 5.41) is 12.7. The molecule has 2 aromatic rings. The van der Waals surface area contributed by atoms with Crippen molar-refractivity contribution in [3.8, 4) is 17.5 Å². The largest absolute Gasteiger partial charge is 0.334 e. The zero-order valence-electron chi connectivity index (χ0n) is 9.96. The van der Waals surface area contributed by atoms with E-state index in [2.05, 4.69) is 22.0 Å². The average Bonchev–Trinajstić information content (AvgIpc) is 2.88. The summed E-state index contributed by atoms with van der Waals surface area (Å²) in [6, 6.07) is 5.36. The van der Waals surface area contributed by atoms with Crippen LogP contribution in [0, 0.1) is 11.3 Å². The lowest BCUT2D eigenvalue weighted by molar-refractivity contribution is 0.425. The molecule has 2 heterocycles. The van der Waals surface area contributed by atoms with Crippen molar-refractivity contribution in [2.24, 2.45) is 0 Å². The van der Waals surface area contributed by atoms with Gasteiger partial charge >= 0.3 is 0 Å². The number of rotatable bonds is 5. The quantitative estimate of drug-likeness (QED) is 0.769. The Morgan fingerprint density at radius 2 is 2.39 bits per heavy atom. The van der Waals surface area contributed by atoms with Crippen molar-refractivity contribution >= 4 is 11.8 Å². The molecule has 18 heavy (non-hydrogen) atoms. The molecule has 92 valence electrons. The molecule has 0 atom stereocenters. The summed E-state index contributed by atoms with van der Waals surface area (Å²) < 4.78 is 5.17. The zero-order chi connectivity index (χ0) is 12.8. The highest BCUT2D eigenvalue weighted by Gasteiger charge is 2.09. The normalized spacial score (nSPS) is 10.2. The van der Waals surface area contributed by atoms with Crippen molar-refractivity contribution in [1.82, 2.24) is 15.1 Å². The van der Waals surface area contributed by atoms with Gasteiger partial charge in [0.1, 0.15) is 11.8 Å². The molecule has 0 spiro atoms. The molecule has 0 saturated carbocycles. The van der Waals surface area contributed by atoms with Crippen LogP contribution in [-0.2, 0) is 5.75 Å². The van der Waals surface area contributed by atoms with E-state index in [1.807, 2.05) is 6.07 Å². The molecule has 0 aliphatic heterocycles. The Bertz CT molecular complexity index is 561. The number of aromatic nitrogens is 3. The molecular weight excluding hydrogens is 248 g/mol. The SMILES string of the molecule is CCCSCc1noc(-c2ccnc(C#N)c2)n1. The molecule has 0 bridgehead atoms. The van der Waals surface area contributed by atoms with Gasteiger partial charge in [-0.2, -0.15) is 22.0 Å². The predicted octanol–water partition coefficient (Wildman–Crippen LogP) is 2.65. The average molecular weight is 260 g/mol. The molecule has 0 aromatic carbocycles. The van der Waals surface area contributed by atoms with Crippen molar-refractivity contribution in [2.45, 2.75) is 19.1 Å². The molecule has 6 heteroatoms. The van der Waals surface area contributed by atoms with Crippen molar-refractivity contribution < 1.29 is 4.52 Å². The van der Waals surface area contributed by atoms with Gasteiger partial charge in [-0.15, -0.1) is 0 Å². The summed E-state index contributed by atoms with van der Waals surface area (Å²) in [6.45, 7) is 2.13. The first-order chi connectivity index (χ1) is 8.83. The second-order valence-corrected chi connectivity index (χ2v) is 4.72. The molecular formula is C12H12N4OS. The first kappa shape index (κ1) is 12.6. The minimum Gasteiger partial charge on any atom is -0.334 e. The summed E-state index contributed by atoms with van der Waals surface area (Å²) in [6.07, 6.45) is 2.69. The third kappa shape index (κ3) is 3.08. The first-order valence-electron chi connectivity index (χ1n) is 5.60. The van der Waals surface area contributed by atoms with Crippen LogP contribution in [0.1, 0.15) is 24.9 Å². The van der Waals surface area contributed by atoms with Gasteiger partial charge in [0.2, 0.25) is 0 Å². The van der Waals surface area contributed by atoms with E-state index in [1.54, 1.807) is 30.1 Å². The molecule has 0 N–H and O–H groups in total. The Balaban J connectivity index is 2.11. The molecule has 5 nitrogen and oxygen atoms in total. The Hall–Kier alpha value is -1.87. The number of pyridine rings is 1. The Morgan fingerprint density at radius 1 is 1.50 bits per heavy atom. The molecule has 2 aromatic heterocycles. The van der Waals surface area contributed by atoms with Crippen LogP contribution >= 0.6 is 11.8 Å². The van der Waals surface area contributed by atoms with Gasteiger partial charge in [0.25, 0.3) is 5.89 Å². The molecule has 0 fully saturated rings. The van der Waals surface area contributed by atoms with Crippen molar-refractivity contribution in [1.29, 1.82) is 5.26 Å². The van der Waals surface area contributed by atoms with Crippen LogP contribution in [-0.4, -0.2) is 20.9 Å². The van der Waals surface area contributed by atoms with E-state index in [0.29, 0.717) is 17.4 Å². The van der Waals surface area contributed by atoms with E-state index >= 15 is 0 Å². The first-order valence-corrected chi connectivity index (χ1v) is 6.76. The summed E-state index contributed by atoms with van der Waals surface area (Å²) in [7, 11) is 0. The fraction of sp³-hybridized carbons (Fsp3) is 0.333. The van der Waals surface area contributed by atoms with Crippen LogP contribution in [0.5, 0.6) is 0 Å². The lowest BCUT2D eigenvalue weighted by Crippen LogP contribution is -1.86. The number of thioether (sulfide) groups is 1. The minimum atomic E-state index is 0.340. The maximum atomic E-state index is 8.77. The summed E-state index contributed by atoms with van der Waals surface area (Å²) in [5.41, 5.74) is 1.06. The molecule has 2 rings (SSSR count). The number of nitrogens with zero attached hydrogens (tertiary/aromatic N) is 4.